The topological polar surface area (TPSA) is 29.1 Å². The highest BCUT2D eigenvalue weighted by atomic mass is 32.2. The standard InChI is InChI=1S/C17H15F2NOS2/c18-14-7-6-13(10-15(14)19)20-16(21)11-2-4-12(5-3-11)17-22-8-1-9-23-17/h2-7,10,17H,1,8-9H2,(H,20,21). The Morgan fingerprint density at radius 1 is 1.00 bits per heavy atom. The minimum Gasteiger partial charge on any atom is -0.322 e. The minimum atomic E-state index is -0.982. The zero-order valence-corrected chi connectivity index (χ0v) is 13.9. The fraction of sp³-hybridized carbons (Fsp3) is 0.235. The molecule has 1 heterocycles. The maximum Gasteiger partial charge on any atom is 0.255 e. The lowest BCUT2D eigenvalue weighted by Crippen LogP contribution is -2.12. The monoisotopic (exact) mass is 351 g/mol. The fourth-order valence-electron chi connectivity index (χ4n) is 2.25. The van der Waals surface area contributed by atoms with E-state index >= 15 is 0 Å². The lowest BCUT2D eigenvalue weighted by Gasteiger charge is -2.21. The summed E-state index contributed by atoms with van der Waals surface area (Å²) in [5, 5.41) is 2.57. The Kier molecular flexibility index (Phi) is 5.23. The van der Waals surface area contributed by atoms with Crippen molar-refractivity contribution in [2.45, 2.75) is 11.0 Å². The Balaban J connectivity index is 1.68. The van der Waals surface area contributed by atoms with Gasteiger partial charge in [0.15, 0.2) is 11.6 Å². The predicted molar refractivity (Wildman–Crippen MR) is 93.0 cm³/mol. The maximum absolute atomic E-state index is 13.2. The maximum atomic E-state index is 13.2. The molecule has 1 aliphatic heterocycles. The van der Waals surface area contributed by atoms with Crippen LogP contribution in [0.1, 0.15) is 26.9 Å². The van der Waals surface area contributed by atoms with E-state index in [1.165, 1.54) is 18.1 Å². The van der Waals surface area contributed by atoms with Gasteiger partial charge in [-0.25, -0.2) is 8.78 Å². The molecule has 1 N–H and O–H groups in total. The van der Waals surface area contributed by atoms with Crippen molar-refractivity contribution in [2.24, 2.45) is 0 Å². The van der Waals surface area contributed by atoms with Gasteiger partial charge in [0.25, 0.3) is 5.91 Å². The van der Waals surface area contributed by atoms with Gasteiger partial charge in [0.2, 0.25) is 0 Å². The average molecular weight is 351 g/mol. The number of rotatable bonds is 3. The van der Waals surface area contributed by atoms with Crippen LogP contribution in [0.5, 0.6) is 0 Å². The van der Waals surface area contributed by atoms with Crippen LogP contribution in [-0.2, 0) is 0 Å². The number of benzene rings is 2. The highest BCUT2D eigenvalue weighted by molar-refractivity contribution is 8.16. The third-order valence-electron chi connectivity index (χ3n) is 3.45. The number of carbonyl (C=O) groups is 1. The first-order valence-electron chi connectivity index (χ1n) is 7.23. The van der Waals surface area contributed by atoms with E-state index < -0.39 is 11.6 Å². The van der Waals surface area contributed by atoms with Crippen LogP contribution in [0.2, 0.25) is 0 Å². The highest BCUT2D eigenvalue weighted by Gasteiger charge is 2.17. The van der Waals surface area contributed by atoms with Crippen molar-refractivity contribution >= 4 is 35.1 Å². The Morgan fingerprint density at radius 2 is 1.70 bits per heavy atom. The van der Waals surface area contributed by atoms with Crippen LogP contribution in [-0.4, -0.2) is 17.4 Å². The van der Waals surface area contributed by atoms with Crippen LogP contribution in [0.4, 0.5) is 14.5 Å². The van der Waals surface area contributed by atoms with Crippen molar-refractivity contribution < 1.29 is 13.6 Å². The molecule has 2 aromatic rings. The zero-order chi connectivity index (χ0) is 16.2. The molecule has 120 valence electrons. The van der Waals surface area contributed by atoms with Crippen LogP contribution in [0, 0.1) is 11.6 Å². The van der Waals surface area contributed by atoms with Gasteiger partial charge < -0.3 is 5.32 Å². The lowest BCUT2D eigenvalue weighted by molar-refractivity contribution is 0.102. The molecule has 0 aromatic heterocycles. The lowest BCUT2D eigenvalue weighted by atomic mass is 10.1. The Morgan fingerprint density at radius 3 is 2.35 bits per heavy atom. The molecule has 2 aromatic carbocycles. The van der Waals surface area contributed by atoms with Crippen LogP contribution < -0.4 is 5.32 Å². The van der Waals surface area contributed by atoms with Gasteiger partial charge >= 0.3 is 0 Å². The van der Waals surface area contributed by atoms with Crippen molar-refractivity contribution in [3.63, 3.8) is 0 Å². The van der Waals surface area contributed by atoms with Gasteiger partial charge in [-0.05, 0) is 47.8 Å². The number of carbonyl (C=O) groups excluding carboxylic acids is 1. The van der Waals surface area contributed by atoms with Crippen LogP contribution >= 0.6 is 23.5 Å². The van der Waals surface area contributed by atoms with Crippen molar-refractivity contribution in [1.82, 2.24) is 0 Å². The second-order valence-electron chi connectivity index (χ2n) is 5.13. The second kappa shape index (κ2) is 7.36. The number of halogens is 2. The molecular formula is C17H15F2NOS2. The summed E-state index contributed by atoms with van der Waals surface area (Å²) >= 11 is 3.84. The molecule has 3 rings (SSSR count). The summed E-state index contributed by atoms with van der Waals surface area (Å²) in [5.41, 5.74) is 1.92. The van der Waals surface area contributed by atoms with Crippen LogP contribution in [0.25, 0.3) is 0 Å². The smallest absolute Gasteiger partial charge is 0.255 e. The molecule has 23 heavy (non-hydrogen) atoms. The predicted octanol–water partition coefficient (Wildman–Crippen LogP) is 5.09. The van der Waals surface area contributed by atoms with Crippen LogP contribution in [0.15, 0.2) is 42.5 Å². The number of hydrogen-bond acceptors (Lipinski definition) is 3. The average Bonchev–Trinajstić information content (AvgIpc) is 2.59. The van der Waals surface area contributed by atoms with Crippen molar-refractivity contribution in [2.75, 3.05) is 16.8 Å². The molecule has 2 nitrogen and oxygen atoms in total. The first-order chi connectivity index (χ1) is 11.1. The van der Waals surface area contributed by atoms with E-state index in [-0.39, 0.29) is 11.6 Å². The van der Waals surface area contributed by atoms with Crippen LogP contribution in [0.3, 0.4) is 0 Å². The summed E-state index contributed by atoms with van der Waals surface area (Å²) in [4.78, 5) is 12.2. The highest BCUT2D eigenvalue weighted by Crippen LogP contribution is 2.43. The van der Waals surface area contributed by atoms with Gasteiger partial charge in [0, 0.05) is 17.3 Å². The van der Waals surface area contributed by atoms with Crippen molar-refractivity contribution in [1.29, 1.82) is 0 Å². The molecule has 0 unspecified atom stereocenters. The molecule has 0 aliphatic carbocycles. The Bertz CT molecular complexity index is 700. The third kappa shape index (κ3) is 4.06. The summed E-state index contributed by atoms with van der Waals surface area (Å²) in [5.74, 6) is 0.0670. The molecule has 1 aliphatic rings. The molecule has 0 radical (unpaired) electrons. The summed E-state index contributed by atoms with van der Waals surface area (Å²) < 4.78 is 26.5. The largest absolute Gasteiger partial charge is 0.322 e. The molecule has 1 amide bonds. The molecule has 0 saturated carbocycles. The van der Waals surface area contributed by atoms with Gasteiger partial charge in [-0.15, -0.1) is 23.5 Å². The Labute approximate surface area is 142 Å². The van der Waals surface area contributed by atoms with Gasteiger partial charge in [0.1, 0.15) is 0 Å². The third-order valence-corrected chi connectivity index (χ3v) is 6.46. The first-order valence-corrected chi connectivity index (χ1v) is 9.33. The SMILES string of the molecule is O=C(Nc1ccc(F)c(F)c1)c1ccc(C2SCCCS2)cc1. The number of amides is 1. The Hall–Kier alpha value is -1.53. The normalized spacial score (nSPS) is 15.4. The second-order valence-corrected chi connectivity index (χ2v) is 7.86. The summed E-state index contributed by atoms with van der Waals surface area (Å²) in [6.45, 7) is 0. The van der Waals surface area contributed by atoms with Crippen molar-refractivity contribution in [3.8, 4) is 0 Å². The van der Waals surface area contributed by atoms with E-state index in [1.54, 1.807) is 12.1 Å². The number of anilines is 1. The number of thioether (sulfide) groups is 2. The molecule has 0 atom stereocenters. The number of nitrogens with one attached hydrogen (secondary N) is 1. The summed E-state index contributed by atoms with van der Waals surface area (Å²) in [6, 6.07) is 10.7. The molecule has 0 bridgehead atoms. The van der Waals surface area contributed by atoms with Gasteiger partial charge in [-0.1, -0.05) is 12.1 Å². The van der Waals surface area contributed by atoms with E-state index in [4.69, 9.17) is 0 Å². The van der Waals surface area contributed by atoms with E-state index in [0.717, 1.165) is 23.6 Å². The quantitative estimate of drug-likeness (QED) is 0.835. The number of hydrogen-bond donors (Lipinski definition) is 1. The van der Waals surface area contributed by atoms with Gasteiger partial charge in [-0.3, -0.25) is 4.79 Å². The van der Waals surface area contributed by atoms with E-state index in [1.807, 2.05) is 35.7 Å². The molecule has 6 heteroatoms. The fourth-order valence-corrected chi connectivity index (χ4v) is 5.14. The first kappa shape index (κ1) is 16.3. The van der Waals surface area contributed by atoms with Gasteiger partial charge in [-0.2, -0.15) is 0 Å². The van der Waals surface area contributed by atoms with E-state index in [2.05, 4.69) is 5.32 Å². The van der Waals surface area contributed by atoms with E-state index in [0.29, 0.717) is 10.1 Å². The summed E-state index contributed by atoms with van der Waals surface area (Å²) in [7, 11) is 0. The zero-order valence-electron chi connectivity index (χ0n) is 12.2. The molecule has 1 saturated heterocycles. The van der Waals surface area contributed by atoms with Crippen molar-refractivity contribution in [3.05, 3.63) is 65.2 Å². The molecular weight excluding hydrogens is 336 g/mol. The summed E-state index contributed by atoms with van der Waals surface area (Å²) in [6.07, 6.45) is 1.24. The molecule has 1 fully saturated rings. The molecule has 0 spiro atoms. The van der Waals surface area contributed by atoms with E-state index in [9.17, 15) is 13.6 Å². The minimum absolute atomic E-state index is 0.233. The van der Waals surface area contributed by atoms with Gasteiger partial charge in [0.05, 0.1) is 4.58 Å².